The van der Waals surface area contributed by atoms with Gasteiger partial charge in [-0.05, 0) is 24.3 Å². The Morgan fingerprint density at radius 2 is 2.04 bits per heavy atom. The van der Waals surface area contributed by atoms with Gasteiger partial charge in [-0.1, -0.05) is 12.1 Å². The fourth-order valence-electron chi connectivity index (χ4n) is 2.07. The second-order valence-corrected chi connectivity index (χ2v) is 5.58. The molecule has 1 N–H and O–H groups in total. The third kappa shape index (κ3) is 4.12. The molecule has 25 heavy (non-hydrogen) atoms. The van der Waals surface area contributed by atoms with Gasteiger partial charge in [-0.2, -0.15) is 0 Å². The second-order valence-electron chi connectivity index (χ2n) is 4.55. The van der Waals surface area contributed by atoms with Gasteiger partial charge >= 0.3 is 0 Å². The van der Waals surface area contributed by atoms with Gasteiger partial charge in [0.1, 0.15) is 11.5 Å². The van der Waals surface area contributed by atoms with E-state index < -0.39 is 10.8 Å². The van der Waals surface area contributed by atoms with Crippen LogP contribution in [0.3, 0.4) is 0 Å². The first-order valence-electron chi connectivity index (χ1n) is 6.58. The average Bonchev–Trinajstić information content (AvgIpc) is 3.15. The summed E-state index contributed by atoms with van der Waals surface area (Å²) in [5.74, 6) is 0.238. The zero-order chi connectivity index (χ0) is 17.1. The van der Waals surface area contributed by atoms with E-state index in [2.05, 4.69) is 10.3 Å². The molecule has 0 saturated carbocycles. The molecule has 1 aliphatic rings. The fourth-order valence-corrected chi connectivity index (χ4v) is 2.82. The number of amidine groups is 1. The van der Waals surface area contributed by atoms with Gasteiger partial charge in [-0.25, -0.2) is 0 Å². The Hall–Kier alpha value is -2.51. The van der Waals surface area contributed by atoms with Crippen molar-refractivity contribution in [1.29, 1.82) is 0 Å². The molecule has 2 heterocycles. The molecule has 1 saturated heterocycles. The van der Waals surface area contributed by atoms with Crippen LogP contribution in [-0.2, 0) is 30.7 Å². The predicted octanol–water partition coefficient (Wildman–Crippen LogP) is 2.48. The largest absolute Gasteiger partial charge is 0.456 e. The van der Waals surface area contributed by atoms with Crippen LogP contribution in [0.2, 0.25) is 0 Å². The van der Waals surface area contributed by atoms with Crippen molar-refractivity contribution in [3.05, 3.63) is 57.2 Å². The van der Waals surface area contributed by atoms with Crippen LogP contribution < -0.4 is 5.32 Å². The number of nitro benzene ring substituents is 1. The average molecular weight is 526 g/mol. The number of hydrogen-bond acceptors (Lipinski definition) is 6. The third-order valence-electron chi connectivity index (χ3n) is 3.06. The molecule has 126 valence electrons. The van der Waals surface area contributed by atoms with E-state index in [9.17, 15) is 19.7 Å². The van der Waals surface area contributed by atoms with Crippen LogP contribution in [0.25, 0.3) is 17.4 Å². The van der Waals surface area contributed by atoms with Gasteiger partial charge in [-0.15, -0.1) is 11.8 Å². The molecule has 0 unspecified atom stereocenters. The normalized spacial score (nSPS) is 16.6. The van der Waals surface area contributed by atoms with Gasteiger partial charge in [0.15, 0.2) is 0 Å². The maximum Gasteiger partial charge on any atom is 0.280 e. The summed E-state index contributed by atoms with van der Waals surface area (Å²) >= 11 is 0.971. The summed E-state index contributed by atoms with van der Waals surface area (Å²) in [5, 5.41) is 13.6. The number of furan rings is 1. The predicted molar refractivity (Wildman–Crippen MR) is 87.6 cm³/mol. The molecule has 2 aromatic rings. The molecule has 1 aliphatic heterocycles. The van der Waals surface area contributed by atoms with Crippen LogP contribution in [0.1, 0.15) is 5.76 Å². The number of para-hydroxylation sites is 1. The van der Waals surface area contributed by atoms with Gasteiger partial charge in [0.2, 0.25) is 5.91 Å². The van der Waals surface area contributed by atoms with E-state index in [-0.39, 0.29) is 36.8 Å². The van der Waals surface area contributed by atoms with E-state index in [1.807, 2.05) is 0 Å². The Labute approximate surface area is 159 Å². The standard InChI is InChI=1S/C15H8N3O5S.W/c19-8-16-15-17-14(20)13(24-15)7-9-5-6-12(23-9)10-3-1-2-4-11(10)18(21)22;/h1-7H,(H,16,17,19,20);/q-1;/b13-7-;. The number of carbonyl (C=O) groups excluding carboxylic acids is 2. The van der Waals surface area contributed by atoms with Crippen molar-refractivity contribution >= 4 is 41.0 Å². The molecule has 1 fully saturated rings. The number of hydrogen-bond donors (Lipinski definition) is 1. The van der Waals surface area contributed by atoms with Crippen molar-refractivity contribution in [2.24, 2.45) is 4.99 Å². The first-order chi connectivity index (χ1) is 11.6. The molecule has 0 atom stereocenters. The van der Waals surface area contributed by atoms with Crippen LogP contribution in [-0.4, -0.2) is 22.4 Å². The van der Waals surface area contributed by atoms with Crippen LogP contribution in [0, 0.1) is 10.1 Å². The maximum absolute atomic E-state index is 11.7. The van der Waals surface area contributed by atoms with E-state index in [4.69, 9.17) is 4.42 Å². The number of aliphatic imine (C=N–C) groups is 1. The fraction of sp³-hybridized carbons (Fsp3) is 0. The van der Waals surface area contributed by atoms with Gasteiger partial charge < -0.3 is 19.5 Å². The molecule has 10 heteroatoms. The SMILES string of the molecule is O=[C-]N=C1NC(=O)/C(=C/c2ccc(-c3ccccc3[N+](=O)[O-])o2)S1.[W]. The van der Waals surface area contributed by atoms with Crippen LogP contribution in [0.5, 0.6) is 0 Å². The number of thioether (sulfide) groups is 1. The summed E-state index contributed by atoms with van der Waals surface area (Å²) in [6, 6.07) is 9.37. The van der Waals surface area contributed by atoms with Crippen LogP contribution in [0.4, 0.5) is 5.69 Å². The zero-order valence-corrected chi connectivity index (χ0v) is 16.0. The molecule has 8 nitrogen and oxygen atoms in total. The van der Waals surface area contributed by atoms with Crippen molar-refractivity contribution in [2.75, 3.05) is 0 Å². The smallest absolute Gasteiger partial charge is 0.280 e. The summed E-state index contributed by atoms with van der Waals surface area (Å²) in [4.78, 5) is 36.2. The minimum absolute atomic E-state index is 0. The number of nitro groups is 1. The first-order valence-corrected chi connectivity index (χ1v) is 7.39. The zero-order valence-electron chi connectivity index (χ0n) is 12.3. The molecule has 0 bridgehead atoms. The Balaban J connectivity index is 0.00000225. The van der Waals surface area contributed by atoms with Gasteiger partial charge in [0.05, 0.1) is 21.8 Å². The number of rotatable bonds is 4. The van der Waals surface area contributed by atoms with Crippen LogP contribution >= 0.6 is 11.8 Å². The van der Waals surface area contributed by atoms with Crippen molar-refractivity contribution in [2.45, 2.75) is 0 Å². The molecule has 1 aromatic heterocycles. The maximum atomic E-state index is 11.7. The van der Waals surface area contributed by atoms with E-state index >= 15 is 0 Å². The Kier molecular flexibility index (Phi) is 6.06. The van der Waals surface area contributed by atoms with Crippen molar-refractivity contribution in [3.63, 3.8) is 0 Å². The topological polar surface area (TPSA) is 115 Å². The number of carbonyl (C=O) groups is 1. The van der Waals surface area contributed by atoms with Gasteiger partial charge in [-0.3, -0.25) is 14.9 Å². The summed E-state index contributed by atoms with van der Waals surface area (Å²) in [6.07, 6.45) is 2.81. The van der Waals surface area contributed by atoms with E-state index in [0.29, 0.717) is 17.1 Å². The second kappa shape index (κ2) is 8.04. The van der Waals surface area contributed by atoms with Crippen LogP contribution in [0.15, 0.2) is 50.7 Å². The summed E-state index contributed by atoms with van der Waals surface area (Å²) in [5.41, 5.74) is 0.267. The van der Waals surface area contributed by atoms with Crippen molar-refractivity contribution in [3.8, 4) is 11.3 Å². The first kappa shape index (κ1) is 18.8. The number of amides is 2. The van der Waals surface area contributed by atoms with E-state index in [1.165, 1.54) is 18.6 Å². The molecular formula is C15H8N3O5SW-. The quantitative estimate of drug-likeness (QED) is 0.284. The minimum atomic E-state index is -0.491. The van der Waals surface area contributed by atoms with Crippen molar-refractivity contribution < 1.29 is 40.0 Å². The van der Waals surface area contributed by atoms with E-state index in [1.54, 1.807) is 30.3 Å². The van der Waals surface area contributed by atoms with Gasteiger partial charge in [0.25, 0.3) is 5.69 Å². The Morgan fingerprint density at radius 1 is 1.28 bits per heavy atom. The summed E-state index contributed by atoms with van der Waals surface area (Å²) in [6.45, 7) is 0. The Morgan fingerprint density at radius 3 is 2.76 bits per heavy atom. The van der Waals surface area contributed by atoms with E-state index in [0.717, 1.165) is 11.8 Å². The molecule has 0 radical (unpaired) electrons. The molecule has 3 rings (SSSR count). The molecule has 2 amide bonds. The third-order valence-corrected chi connectivity index (χ3v) is 3.97. The molecular weight excluding hydrogens is 518 g/mol. The number of nitrogens with zero attached hydrogens (tertiary/aromatic N) is 2. The molecule has 0 spiro atoms. The summed E-state index contributed by atoms with van der Waals surface area (Å²) in [7, 11) is 0. The summed E-state index contributed by atoms with van der Waals surface area (Å²) < 4.78 is 5.57. The number of nitrogens with one attached hydrogen (secondary N) is 1. The minimum Gasteiger partial charge on any atom is -0.456 e. The number of benzene rings is 1. The monoisotopic (exact) mass is 526 g/mol. The molecule has 0 aliphatic carbocycles. The van der Waals surface area contributed by atoms with Gasteiger partial charge in [0, 0.05) is 32.3 Å². The molecule has 1 aromatic carbocycles. The Bertz CT molecular complexity index is 906. The van der Waals surface area contributed by atoms with Crippen molar-refractivity contribution in [1.82, 2.24) is 5.32 Å².